The number of nitrogens with one attached hydrogen (secondary N) is 2. The molecule has 0 atom stereocenters. The Balaban J connectivity index is 1.52. The number of likely N-dealkylation sites (N-methyl/N-ethyl adjacent to an activating group) is 1. The summed E-state index contributed by atoms with van der Waals surface area (Å²) in [6.07, 6.45) is -4.39. The largest absolute Gasteiger partial charge is 0.488 e. The smallest absolute Gasteiger partial charge is 0.439 e. The lowest BCUT2D eigenvalue weighted by molar-refractivity contribution is -0.137. The van der Waals surface area contributed by atoms with Crippen molar-refractivity contribution in [2.75, 3.05) is 27.2 Å². The first-order chi connectivity index (χ1) is 17.6. The lowest BCUT2D eigenvalue weighted by Gasteiger charge is -2.11. The van der Waals surface area contributed by atoms with Crippen LogP contribution in [-0.4, -0.2) is 47.2 Å². The molecule has 0 unspecified atom stereocenters. The fourth-order valence-corrected chi connectivity index (χ4v) is 4.55. The summed E-state index contributed by atoms with van der Waals surface area (Å²) in [6, 6.07) is 10.4. The number of nitrogens with zero attached hydrogens (tertiary/aromatic N) is 3. The minimum atomic E-state index is -4.39. The molecule has 0 spiro atoms. The predicted octanol–water partition coefficient (Wildman–Crippen LogP) is 4.71. The second-order valence-corrected chi connectivity index (χ2v) is 9.74. The Morgan fingerprint density at radius 2 is 1.92 bits per heavy atom. The van der Waals surface area contributed by atoms with Crippen LogP contribution in [0.2, 0.25) is 0 Å². The van der Waals surface area contributed by atoms with E-state index in [1.54, 1.807) is 12.1 Å². The predicted molar refractivity (Wildman–Crippen MR) is 134 cm³/mol. The fraction of sp³-hybridized carbons (Fsp3) is 0.320. The molecule has 0 saturated heterocycles. The molecule has 2 heterocycles. The highest BCUT2D eigenvalue weighted by Crippen LogP contribution is 2.34. The van der Waals surface area contributed by atoms with Gasteiger partial charge >= 0.3 is 11.9 Å². The fourth-order valence-electron chi connectivity index (χ4n) is 3.56. The van der Waals surface area contributed by atoms with E-state index < -0.39 is 17.5 Å². The SMILES string of the molecule is Cc1cc(OCc2sc(-c3ccc(C(F)(F)F)cc3)nc2CNCCN(C)C)ccc1-c1noc(=O)[nH]1. The molecule has 0 aliphatic carbocycles. The first kappa shape index (κ1) is 26.6. The highest BCUT2D eigenvalue weighted by molar-refractivity contribution is 7.15. The van der Waals surface area contributed by atoms with Crippen molar-refractivity contribution < 1.29 is 22.4 Å². The van der Waals surface area contributed by atoms with Crippen LogP contribution < -0.4 is 15.8 Å². The van der Waals surface area contributed by atoms with Gasteiger partial charge in [-0.2, -0.15) is 13.2 Å². The Labute approximate surface area is 215 Å². The van der Waals surface area contributed by atoms with Gasteiger partial charge in [0.25, 0.3) is 0 Å². The van der Waals surface area contributed by atoms with Crippen molar-refractivity contribution >= 4 is 11.3 Å². The number of aryl methyl sites for hydroxylation is 1. The molecule has 0 amide bonds. The Morgan fingerprint density at radius 3 is 2.54 bits per heavy atom. The molecule has 2 aromatic carbocycles. The Morgan fingerprint density at radius 1 is 1.16 bits per heavy atom. The third kappa shape index (κ3) is 6.85. The van der Waals surface area contributed by atoms with Crippen LogP contribution in [0.15, 0.2) is 51.8 Å². The van der Waals surface area contributed by atoms with Gasteiger partial charge < -0.3 is 15.0 Å². The van der Waals surface area contributed by atoms with E-state index in [-0.39, 0.29) is 6.61 Å². The molecule has 4 aromatic rings. The third-order valence-corrected chi connectivity index (χ3v) is 6.65. The molecule has 0 aliphatic heterocycles. The molecule has 2 aromatic heterocycles. The van der Waals surface area contributed by atoms with Gasteiger partial charge in [-0.3, -0.25) is 9.51 Å². The van der Waals surface area contributed by atoms with E-state index in [0.29, 0.717) is 34.3 Å². The molecule has 0 saturated carbocycles. The zero-order valence-corrected chi connectivity index (χ0v) is 21.3. The van der Waals surface area contributed by atoms with Crippen LogP contribution in [0, 0.1) is 6.92 Å². The van der Waals surface area contributed by atoms with Crippen LogP contribution in [-0.2, 0) is 19.3 Å². The summed E-state index contributed by atoms with van der Waals surface area (Å²) < 4.78 is 49.5. The highest BCUT2D eigenvalue weighted by atomic mass is 32.1. The van der Waals surface area contributed by atoms with Crippen molar-refractivity contribution in [2.45, 2.75) is 26.3 Å². The van der Waals surface area contributed by atoms with Crippen molar-refractivity contribution in [1.29, 1.82) is 0 Å². The quantitative estimate of drug-likeness (QED) is 0.285. The van der Waals surface area contributed by atoms with Gasteiger partial charge in [0, 0.05) is 30.8 Å². The summed E-state index contributed by atoms with van der Waals surface area (Å²) in [5, 5.41) is 7.69. The van der Waals surface area contributed by atoms with Gasteiger partial charge in [-0.05, 0) is 56.9 Å². The maximum atomic E-state index is 13.0. The van der Waals surface area contributed by atoms with Crippen LogP contribution in [0.5, 0.6) is 5.75 Å². The summed E-state index contributed by atoms with van der Waals surface area (Å²) in [4.78, 5) is 21.4. The van der Waals surface area contributed by atoms with E-state index in [2.05, 4.69) is 24.9 Å². The van der Waals surface area contributed by atoms with E-state index in [1.807, 2.05) is 27.1 Å². The first-order valence-corrected chi connectivity index (χ1v) is 12.2. The molecule has 0 aliphatic rings. The number of H-pyrrole nitrogens is 1. The lowest BCUT2D eigenvalue weighted by Crippen LogP contribution is -2.26. The topological polar surface area (TPSA) is 96.3 Å². The van der Waals surface area contributed by atoms with Crippen molar-refractivity contribution in [3.63, 3.8) is 0 Å². The van der Waals surface area contributed by atoms with Crippen LogP contribution in [0.3, 0.4) is 0 Å². The van der Waals surface area contributed by atoms with Crippen LogP contribution in [0.1, 0.15) is 21.7 Å². The first-order valence-electron chi connectivity index (χ1n) is 11.4. The molecule has 4 rings (SSSR count). The Hall–Kier alpha value is -3.48. The molecule has 0 bridgehead atoms. The third-order valence-electron chi connectivity index (χ3n) is 5.53. The number of rotatable bonds is 10. The van der Waals surface area contributed by atoms with Gasteiger partial charge in [0.2, 0.25) is 0 Å². The molecule has 2 N–H and O–H groups in total. The average Bonchev–Trinajstić information content (AvgIpc) is 3.46. The van der Waals surface area contributed by atoms with E-state index in [4.69, 9.17) is 9.72 Å². The minimum absolute atomic E-state index is 0.239. The van der Waals surface area contributed by atoms with E-state index in [9.17, 15) is 18.0 Å². The van der Waals surface area contributed by atoms with Crippen LogP contribution in [0.4, 0.5) is 13.2 Å². The minimum Gasteiger partial charge on any atom is -0.488 e. The molecule has 8 nitrogen and oxygen atoms in total. The normalized spacial score (nSPS) is 11.9. The van der Waals surface area contributed by atoms with Crippen LogP contribution in [0.25, 0.3) is 22.0 Å². The molecule has 37 heavy (non-hydrogen) atoms. The maximum absolute atomic E-state index is 13.0. The van der Waals surface area contributed by atoms with E-state index in [0.717, 1.165) is 41.4 Å². The average molecular weight is 534 g/mol. The zero-order valence-electron chi connectivity index (χ0n) is 20.5. The van der Waals surface area contributed by atoms with Gasteiger partial charge in [-0.15, -0.1) is 11.3 Å². The summed E-state index contributed by atoms with van der Waals surface area (Å²) in [5.41, 5.74) is 2.25. The van der Waals surface area contributed by atoms with Gasteiger partial charge in [0.05, 0.1) is 16.1 Å². The number of aromatic nitrogens is 3. The molecule has 0 radical (unpaired) electrons. The molecule has 12 heteroatoms. The molecular weight excluding hydrogens is 507 g/mol. The van der Waals surface area contributed by atoms with Gasteiger partial charge in [0.15, 0.2) is 5.82 Å². The van der Waals surface area contributed by atoms with Crippen molar-refractivity contribution in [3.05, 3.63) is 74.7 Å². The number of hydrogen-bond donors (Lipinski definition) is 2. The number of alkyl halides is 3. The van der Waals surface area contributed by atoms with Gasteiger partial charge in [0.1, 0.15) is 17.4 Å². The standard InChI is InChI=1S/C25H26F3N5O3S/c1-15-12-18(8-9-19(15)22-31-24(34)36-32-22)35-14-21-20(13-29-10-11-33(2)3)30-23(37-21)16-4-6-17(7-5-16)25(26,27)28/h4-9,12,29H,10-11,13-14H2,1-3H3,(H,31,32,34). The number of halogens is 3. The second-order valence-electron chi connectivity index (χ2n) is 8.65. The highest BCUT2D eigenvalue weighted by Gasteiger charge is 2.30. The number of hydrogen-bond acceptors (Lipinski definition) is 8. The monoisotopic (exact) mass is 533 g/mol. The number of ether oxygens (including phenoxy) is 1. The van der Waals surface area contributed by atoms with E-state index >= 15 is 0 Å². The van der Waals surface area contributed by atoms with E-state index in [1.165, 1.54) is 23.5 Å². The number of aromatic amines is 1. The summed E-state index contributed by atoms with van der Waals surface area (Å²) in [6.45, 7) is 4.21. The van der Waals surface area contributed by atoms with Crippen molar-refractivity contribution in [1.82, 2.24) is 25.3 Å². The summed E-state index contributed by atoms with van der Waals surface area (Å²) in [7, 11) is 3.97. The van der Waals surface area contributed by atoms with Gasteiger partial charge in [-0.25, -0.2) is 9.78 Å². The summed E-state index contributed by atoms with van der Waals surface area (Å²) >= 11 is 1.39. The summed E-state index contributed by atoms with van der Waals surface area (Å²) in [5.74, 6) is 0.322. The van der Waals surface area contributed by atoms with Crippen molar-refractivity contribution in [2.24, 2.45) is 0 Å². The number of benzene rings is 2. The molecular formula is C25H26F3N5O3S. The lowest BCUT2D eigenvalue weighted by atomic mass is 10.1. The van der Waals surface area contributed by atoms with Gasteiger partial charge in [-0.1, -0.05) is 17.3 Å². The Bertz CT molecular complexity index is 1390. The van der Waals surface area contributed by atoms with Crippen LogP contribution >= 0.6 is 11.3 Å². The van der Waals surface area contributed by atoms with Crippen molar-refractivity contribution in [3.8, 4) is 27.7 Å². The molecule has 196 valence electrons. The second kappa shape index (κ2) is 11.3. The number of thiazole rings is 1. The Kier molecular flexibility index (Phi) is 8.10. The maximum Gasteiger partial charge on any atom is 0.439 e. The molecule has 0 fully saturated rings. The zero-order chi connectivity index (χ0) is 26.6.